The van der Waals surface area contributed by atoms with Crippen LogP contribution in [0.5, 0.6) is 0 Å². The lowest BCUT2D eigenvalue weighted by atomic mass is 10.2. The van der Waals surface area contributed by atoms with Crippen molar-refractivity contribution < 1.29 is 9.59 Å². The highest BCUT2D eigenvalue weighted by atomic mass is 16.2. The Morgan fingerprint density at radius 3 is 2.82 bits per heavy atom. The molecule has 1 N–H and O–H groups in total. The normalized spacial score (nSPS) is 16.6. The average molecular weight is 379 g/mol. The van der Waals surface area contributed by atoms with Crippen molar-refractivity contribution in [3.8, 4) is 0 Å². The van der Waals surface area contributed by atoms with E-state index in [1.165, 1.54) is 4.90 Å². The molecule has 3 aromatic rings. The van der Waals surface area contributed by atoms with Gasteiger partial charge in [-0.2, -0.15) is 5.10 Å². The number of benzene rings is 1. The average Bonchev–Trinajstić information content (AvgIpc) is 3.29. The van der Waals surface area contributed by atoms with Crippen LogP contribution in [-0.4, -0.2) is 49.4 Å². The SMILES string of the molecule is Cc1nc(C(=O)NC2CCn3nccc3N(C)C2=O)nn1Cc1ccccc1. The summed E-state index contributed by atoms with van der Waals surface area (Å²) in [6.45, 7) is 2.87. The van der Waals surface area contributed by atoms with Crippen LogP contribution in [0, 0.1) is 6.92 Å². The van der Waals surface area contributed by atoms with Crippen molar-refractivity contribution >= 4 is 17.6 Å². The second kappa shape index (κ2) is 7.26. The standard InChI is InChI=1S/C19H21N7O2/c1-13-21-17(23-26(13)12-14-6-4-3-5-7-14)18(27)22-15-9-11-25-16(8-10-20-25)24(2)19(15)28/h3-8,10,15H,9,11-12H2,1-2H3,(H,22,27). The lowest BCUT2D eigenvalue weighted by Gasteiger charge is -2.19. The second-order valence-electron chi connectivity index (χ2n) is 6.75. The molecule has 0 spiro atoms. The minimum atomic E-state index is -0.652. The molecule has 2 aromatic heterocycles. The van der Waals surface area contributed by atoms with Crippen LogP contribution < -0.4 is 10.2 Å². The molecule has 0 aliphatic carbocycles. The van der Waals surface area contributed by atoms with Gasteiger partial charge in [0.15, 0.2) is 0 Å². The van der Waals surface area contributed by atoms with Gasteiger partial charge < -0.3 is 5.32 Å². The molecular formula is C19H21N7O2. The Morgan fingerprint density at radius 2 is 2.04 bits per heavy atom. The number of anilines is 1. The Hall–Kier alpha value is -3.49. The molecule has 3 heterocycles. The molecule has 1 atom stereocenters. The number of carbonyl (C=O) groups is 2. The Kier molecular flexibility index (Phi) is 4.64. The fourth-order valence-electron chi connectivity index (χ4n) is 3.28. The third kappa shape index (κ3) is 3.38. The van der Waals surface area contributed by atoms with Gasteiger partial charge in [0, 0.05) is 19.7 Å². The third-order valence-electron chi connectivity index (χ3n) is 4.84. The van der Waals surface area contributed by atoms with Crippen LogP contribution in [0.4, 0.5) is 5.82 Å². The van der Waals surface area contributed by atoms with E-state index in [1.54, 1.807) is 35.6 Å². The molecule has 28 heavy (non-hydrogen) atoms. The van der Waals surface area contributed by atoms with Crippen molar-refractivity contribution in [2.45, 2.75) is 32.5 Å². The Balaban J connectivity index is 1.47. The number of aryl methyl sites for hydroxylation is 2. The van der Waals surface area contributed by atoms with Crippen molar-refractivity contribution in [1.29, 1.82) is 0 Å². The minimum absolute atomic E-state index is 0.0610. The zero-order valence-electron chi connectivity index (χ0n) is 15.7. The van der Waals surface area contributed by atoms with Crippen molar-refractivity contribution in [1.82, 2.24) is 29.9 Å². The van der Waals surface area contributed by atoms with Gasteiger partial charge in [0.05, 0.1) is 12.7 Å². The lowest BCUT2D eigenvalue weighted by molar-refractivity contribution is -0.120. The van der Waals surface area contributed by atoms with Crippen molar-refractivity contribution in [2.24, 2.45) is 0 Å². The maximum atomic E-state index is 12.7. The molecule has 0 saturated heterocycles. The number of aromatic nitrogens is 5. The zero-order valence-corrected chi connectivity index (χ0v) is 15.7. The van der Waals surface area contributed by atoms with E-state index in [-0.39, 0.29) is 11.7 Å². The van der Waals surface area contributed by atoms with Gasteiger partial charge in [-0.15, -0.1) is 5.10 Å². The third-order valence-corrected chi connectivity index (χ3v) is 4.84. The van der Waals surface area contributed by atoms with Crippen LogP contribution in [0.2, 0.25) is 0 Å². The molecular weight excluding hydrogens is 358 g/mol. The molecule has 9 nitrogen and oxygen atoms in total. The van der Waals surface area contributed by atoms with Gasteiger partial charge >= 0.3 is 0 Å². The van der Waals surface area contributed by atoms with E-state index >= 15 is 0 Å². The summed E-state index contributed by atoms with van der Waals surface area (Å²) in [6, 6.07) is 11.0. The van der Waals surface area contributed by atoms with E-state index in [0.29, 0.717) is 31.2 Å². The van der Waals surface area contributed by atoms with E-state index < -0.39 is 11.9 Å². The smallest absolute Gasteiger partial charge is 0.291 e. The van der Waals surface area contributed by atoms with Crippen molar-refractivity contribution in [3.05, 3.63) is 59.8 Å². The zero-order chi connectivity index (χ0) is 19.7. The number of nitrogens with one attached hydrogen (secondary N) is 1. The van der Waals surface area contributed by atoms with Crippen LogP contribution in [0.25, 0.3) is 0 Å². The van der Waals surface area contributed by atoms with Crippen LogP contribution in [0.1, 0.15) is 28.4 Å². The summed E-state index contributed by atoms with van der Waals surface area (Å²) in [4.78, 5) is 31.2. The molecule has 4 rings (SSSR count). The topological polar surface area (TPSA) is 97.9 Å². The molecule has 1 unspecified atom stereocenters. The molecule has 1 aromatic carbocycles. The summed E-state index contributed by atoms with van der Waals surface area (Å²) in [7, 11) is 1.68. The number of carbonyl (C=O) groups excluding carboxylic acids is 2. The van der Waals surface area contributed by atoms with Crippen LogP contribution in [0.15, 0.2) is 42.6 Å². The molecule has 2 amide bonds. The summed E-state index contributed by atoms with van der Waals surface area (Å²) in [5.41, 5.74) is 1.07. The Labute approximate surface area is 162 Å². The highest BCUT2D eigenvalue weighted by molar-refractivity contribution is 6.00. The minimum Gasteiger partial charge on any atom is -0.337 e. The first-order valence-corrected chi connectivity index (χ1v) is 9.08. The number of hydrogen-bond acceptors (Lipinski definition) is 5. The van der Waals surface area contributed by atoms with Gasteiger partial charge in [-0.1, -0.05) is 30.3 Å². The summed E-state index contributed by atoms with van der Waals surface area (Å²) < 4.78 is 3.43. The predicted molar refractivity (Wildman–Crippen MR) is 102 cm³/mol. The van der Waals surface area contributed by atoms with Gasteiger partial charge in [0.25, 0.3) is 11.8 Å². The molecule has 0 bridgehead atoms. The molecule has 1 aliphatic heterocycles. The van der Waals surface area contributed by atoms with Crippen molar-refractivity contribution in [3.63, 3.8) is 0 Å². The van der Waals surface area contributed by atoms with Gasteiger partial charge in [-0.05, 0) is 18.9 Å². The Morgan fingerprint density at radius 1 is 1.25 bits per heavy atom. The van der Waals surface area contributed by atoms with Gasteiger partial charge in [-0.25, -0.2) is 14.3 Å². The summed E-state index contributed by atoms with van der Waals surface area (Å²) in [5, 5.41) is 11.3. The van der Waals surface area contributed by atoms with E-state index in [0.717, 1.165) is 5.56 Å². The fraction of sp³-hybridized carbons (Fsp3) is 0.316. The molecule has 9 heteroatoms. The maximum Gasteiger partial charge on any atom is 0.291 e. The van der Waals surface area contributed by atoms with Gasteiger partial charge in [-0.3, -0.25) is 14.5 Å². The monoisotopic (exact) mass is 379 g/mol. The quantitative estimate of drug-likeness (QED) is 0.729. The van der Waals surface area contributed by atoms with E-state index in [1.807, 2.05) is 30.3 Å². The lowest BCUT2D eigenvalue weighted by Crippen LogP contribution is -2.47. The number of likely N-dealkylation sites (N-methyl/N-ethyl adjacent to an activating group) is 1. The van der Waals surface area contributed by atoms with Gasteiger partial charge in [0.1, 0.15) is 17.7 Å². The molecule has 144 valence electrons. The first-order valence-electron chi connectivity index (χ1n) is 9.08. The molecule has 0 radical (unpaired) electrons. The number of nitrogens with zero attached hydrogens (tertiary/aromatic N) is 6. The first-order chi connectivity index (χ1) is 13.5. The molecule has 0 fully saturated rings. The summed E-state index contributed by atoms with van der Waals surface area (Å²) in [6.07, 6.45) is 2.11. The molecule has 1 aliphatic rings. The maximum absolute atomic E-state index is 12.7. The number of hydrogen-bond donors (Lipinski definition) is 1. The number of rotatable bonds is 4. The van der Waals surface area contributed by atoms with Crippen LogP contribution in [-0.2, 0) is 17.9 Å². The number of amides is 2. The van der Waals surface area contributed by atoms with Crippen molar-refractivity contribution in [2.75, 3.05) is 11.9 Å². The number of fused-ring (bicyclic) bond motifs is 1. The first kappa shape index (κ1) is 17.9. The van der Waals surface area contributed by atoms with Crippen LogP contribution >= 0.6 is 0 Å². The highest BCUT2D eigenvalue weighted by Gasteiger charge is 2.30. The fourth-order valence-corrected chi connectivity index (χ4v) is 3.28. The Bertz CT molecular complexity index is 1010. The van der Waals surface area contributed by atoms with E-state index in [2.05, 4.69) is 20.5 Å². The van der Waals surface area contributed by atoms with E-state index in [4.69, 9.17) is 0 Å². The highest BCUT2D eigenvalue weighted by Crippen LogP contribution is 2.19. The molecule has 0 saturated carbocycles. The van der Waals surface area contributed by atoms with Crippen LogP contribution in [0.3, 0.4) is 0 Å². The van der Waals surface area contributed by atoms with Gasteiger partial charge in [0.2, 0.25) is 5.82 Å². The summed E-state index contributed by atoms with van der Waals surface area (Å²) >= 11 is 0. The summed E-state index contributed by atoms with van der Waals surface area (Å²) in [5.74, 6) is 0.765. The largest absolute Gasteiger partial charge is 0.337 e. The second-order valence-corrected chi connectivity index (χ2v) is 6.75. The predicted octanol–water partition coefficient (Wildman–Crippen LogP) is 0.996. The van der Waals surface area contributed by atoms with E-state index in [9.17, 15) is 9.59 Å².